The summed E-state index contributed by atoms with van der Waals surface area (Å²) in [5.41, 5.74) is 0.850. The first kappa shape index (κ1) is 10.0. The van der Waals surface area contributed by atoms with Gasteiger partial charge in [-0.2, -0.15) is 0 Å². The van der Waals surface area contributed by atoms with Crippen LogP contribution >= 0.6 is 0 Å². The fourth-order valence-corrected chi connectivity index (χ4v) is 1.08. The molecule has 1 atom stereocenters. The van der Waals surface area contributed by atoms with Gasteiger partial charge in [-0.3, -0.25) is 0 Å². The molecule has 3 nitrogen and oxygen atoms in total. The number of phenolic OH excluding ortho intramolecular Hbond substituents is 1. The summed E-state index contributed by atoms with van der Waals surface area (Å²) in [6.07, 6.45) is -0.356. The third-order valence-corrected chi connectivity index (χ3v) is 1.75. The van der Waals surface area contributed by atoms with Crippen molar-refractivity contribution in [1.29, 1.82) is 0 Å². The van der Waals surface area contributed by atoms with Crippen LogP contribution in [0, 0.1) is 0 Å². The topological polar surface area (TPSA) is 52.5 Å². The quantitative estimate of drug-likeness (QED) is 0.646. The first-order chi connectivity index (χ1) is 6.20. The van der Waals surface area contributed by atoms with E-state index in [1.165, 1.54) is 0 Å². The van der Waals surface area contributed by atoms with E-state index in [9.17, 15) is 5.11 Å². The molecule has 0 aliphatic heterocycles. The Bertz CT molecular complexity index is 261. The molecule has 0 heterocycles. The highest BCUT2D eigenvalue weighted by atomic mass is 16.3. The average Bonchev–Trinajstić information content (AvgIpc) is 2.08. The maximum absolute atomic E-state index is 9.37. The molecule has 0 saturated heterocycles. The van der Waals surface area contributed by atoms with Crippen LogP contribution in [0.15, 0.2) is 24.3 Å². The van der Waals surface area contributed by atoms with Crippen molar-refractivity contribution in [2.75, 3.05) is 6.54 Å². The van der Waals surface area contributed by atoms with Gasteiger partial charge in [0, 0.05) is 18.7 Å². The fourth-order valence-electron chi connectivity index (χ4n) is 1.08. The SMILES string of the molecule is CC(O)CNCc1ccccc1O. The van der Waals surface area contributed by atoms with Crippen LogP contribution < -0.4 is 5.32 Å². The standard InChI is InChI=1S/C10H15NO2/c1-8(12)6-11-7-9-4-2-3-5-10(9)13/h2-5,8,11-13H,6-7H2,1H3. The van der Waals surface area contributed by atoms with Crippen molar-refractivity contribution in [3.8, 4) is 5.75 Å². The molecule has 0 aliphatic carbocycles. The van der Waals surface area contributed by atoms with Crippen molar-refractivity contribution in [3.63, 3.8) is 0 Å². The number of para-hydroxylation sites is 1. The summed E-state index contributed by atoms with van der Waals surface area (Å²) in [7, 11) is 0. The molecule has 0 aliphatic rings. The molecule has 0 radical (unpaired) electrons. The third kappa shape index (κ3) is 3.44. The van der Waals surface area contributed by atoms with Crippen LogP contribution in [-0.2, 0) is 6.54 Å². The molecule has 1 aromatic carbocycles. The lowest BCUT2D eigenvalue weighted by molar-refractivity contribution is 0.191. The highest BCUT2D eigenvalue weighted by Crippen LogP contribution is 2.14. The Kier molecular flexibility index (Phi) is 3.73. The van der Waals surface area contributed by atoms with E-state index >= 15 is 0 Å². The van der Waals surface area contributed by atoms with Crippen molar-refractivity contribution in [2.24, 2.45) is 0 Å². The number of hydrogen-bond donors (Lipinski definition) is 3. The van der Waals surface area contributed by atoms with Crippen LogP contribution in [0.25, 0.3) is 0 Å². The minimum Gasteiger partial charge on any atom is -0.508 e. The number of aromatic hydroxyl groups is 1. The van der Waals surface area contributed by atoms with E-state index in [-0.39, 0.29) is 6.10 Å². The normalized spacial score (nSPS) is 12.8. The molecule has 72 valence electrons. The second-order valence-electron chi connectivity index (χ2n) is 3.11. The van der Waals surface area contributed by atoms with Gasteiger partial charge >= 0.3 is 0 Å². The van der Waals surface area contributed by atoms with E-state index in [2.05, 4.69) is 5.32 Å². The summed E-state index contributed by atoms with van der Waals surface area (Å²) in [5.74, 6) is 0.292. The van der Waals surface area contributed by atoms with Gasteiger partial charge in [0.2, 0.25) is 0 Å². The molecule has 1 rings (SSSR count). The second-order valence-corrected chi connectivity index (χ2v) is 3.11. The smallest absolute Gasteiger partial charge is 0.120 e. The van der Waals surface area contributed by atoms with Gasteiger partial charge in [0.05, 0.1) is 6.10 Å². The third-order valence-electron chi connectivity index (χ3n) is 1.75. The zero-order chi connectivity index (χ0) is 9.68. The number of hydrogen-bond acceptors (Lipinski definition) is 3. The van der Waals surface area contributed by atoms with E-state index in [4.69, 9.17) is 5.11 Å². The van der Waals surface area contributed by atoms with E-state index in [0.29, 0.717) is 18.8 Å². The number of phenols is 1. The number of aliphatic hydroxyl groups is 1. The monoisotopic (exact) mass is 181 g/mol. The van der Waals surface area contributed by atoms with E-state index < -0.39 is 0 Å². The van der Waals surface area contributed by atoms with Gasteiger partial charge in [-0.15, -0.1) is 0 Å². The lowest BCUT2D eigenvalue weighted by atomic mass is 10.2. The Morgan fingerprint density at radius 3 is 2.69 bits per heavy atom. The van der Waals surface area contributed by atoms with Crippen molar-refractivity contribution < 1.29 is 10.2 Å². The largest absolute Gasteiger partial charge is 0.508 e. The molecule has 3 heteroatoms. The first-order valence-corrected chi connectivity index (χ1v) is 4.36. The number of aliphatic hydroxyl groups excluding tert-OH is 1. The van der Waals surface area contributed by atoms with Crippen LogP contribution in [0.5, 0.6) is 5.75 Å². The molecule has 0 fully saturated rings. The second kappa shape index (κ2) is 4.84. The Labute approximate surface area is 78.0 Å². The Hall–Kier alpha value is -1.06. The average molecular weight is 181 g/mol. The van der Waals surface area contributed by atoms with Gasteiger partial charge in [-0.05, 0) is 13.0 Å². The summed E-state index contributed by atoms with van der Waals surface area (Å²) < 4.78 is 0. The summed E-state index contributed by atoms with van der Waals surface area (Å²) >= 11 is 0. The molecule has 0 spiro atoms. The van der Waals surface area contributed by atoms with Crippen molar-refractivity contribution in [2.45, 2.75) is 19.6 Å². The van der Waals surface area contributed by atoms with Crippen LogP contribution in [-0.4, -0.2) is 22.9 Å². The van der Waals surface area contributed by atoms with Gasteiger partial charge in [-0.1, -0.05) is 18.2 Å². The first-order valence-electron chi connectivity index (χ1n) is 4.36. The van der Waals surface area contributed by atoms with Gasteiger partial charge in [-0.25, -0.2) is 0 Å². The van der Waals surface area contributed by atoms with Gasteiger partial charge in [0.1, 0.15) is 5.75 Å². The maximum Gasteiger partial charge on any atom is 0.120 e. The Balaban J connectivity index is 2.41. The minimum absolute atomic E-state index is 0.292. The van der Waals surface area contributed by atoms with Crippen LogP contribution in [0.1, 0.15) is 12.5 Å². The lowest BCUT2D eigenvalue weighted by Gasteiger charge is -2.07. The van der Waals surface area contributed by atoms with Crippen molar-refractivity contribution in [3.05, 3.63) is 29.8 Å². The van der Waals surface area contributed by atoms with E-state index in [1.54, 1.807) is 19.1 Å². The number of rotatable bonds is 4. The van der Waals surface area contributed by atoms with Crippen LogP contribution in [0.4, 0.5) is 0 Å². The summed E-state index contributed by atoms with van der Waals surface area (Å²) in [4.78, 5) is 0. The molecule has 3 N–H and O–H groups in total. The fraction of sp³-hybridized carbons (Fsp3) is 0.400. The molecule has 1 aromatic rings. The maximum atomic E-state index is 9.37. The number of benzene rings is 1. The molecule has 0 amide bonds. The van der Waals surface area contributed by atoms with E-state index in [0.717, 1.165) is 5.56 Å². The molecular formula is C10H15NO2. The van der Waals surface area contributed by atoms with Crippen molar-refractivity contribution >= 4 is 0 Å². The molecule has 13 heavy (non-hydrogen) atoms. The summed E-state index contributed by atoms with van der Waals surface area (Å²) in [5, 5.41) is 21.4. The van der Waals surface area contributed by atoms with E-state index in [1.807, 2.05) is 12.1 Å². The summed E-state index contributed by atoms with van der Waals surface area (Å²) in [6, 6.07) is 7.16. The zero-order valence-electron chi connectivity index (χ0n) is 7.70. The van der Waals surface area contributed by atoms with Crippen LogP contribution in [0.3, 0.4) is 0 Å². The molecule has 0 aromatic heterocycles. The van der Waals surface area contributed by atoms with Gasteiger partial charge < -0.3 is 15.5 Å². The van der Waals surface area contributed by atoms with Gasteiger partial charge in [0.25, 0.3) is 0 Å². The van der Waals surface area contributed by atoms with Crippen molar-refractivity contribution in [1.82, 2.24) is 5.32 Å². The zero-order valence-corrected chi connectivity index (χ0v) is 7.70. The van der Waals surface area contributed by atoms with Crippen LogP contribution in [0.2, 0.25) is 0 Å². The van der Waals surface area contributed by atoms with Gasteiger partial charge in [0.15, 0.2) is 0 Å². The molecular weight excluding hydrogens is 166 g/mol. The molecule has 1 unspecified atom stereocenters. The highest BCUT2D eigenvalue weighted by Gasteiger charge is 1.99. The minimum atomic E-state index is -0.356. The highest BCUT2D eigenvalue weighted by molar-refractivity contribution is 5.31. The number of nitrogens with one attached hydrogen (secondary N) is 1. The molecule has 0 saturated carbocycles. The Morgan fingerprint density at radius 2 is 2.08 bits per heavy atom. The summed E-state index contributed by atoms with van der Waals surface area (Å²) in [6.45, 7) is 2.84. The molecule has 0 bridgehead atoms. The predicted molar refractivity (Wildman–Crippen MR) is 51.5 cm³/mol. The Morgan fingerprint density at radius 1 is 1.38 bits per heavy atom. The predicted octanol–water partition coefficient (Wildman–Crippen LogP) is 0.863. The lowest BCUT2D eigenvalue weighted by Crippen LogP contribution is -2.23.